The molecule has 4 rings (SSSR count). The van der Waals surface area contributed by atoms with E-state index in [0.717, 1.165) is 33.8 Å². The minimum absolute atomic E-state index is 0.175. The van der Waals surface area contributed by atoms with Gasteiger partial charge in [0.05, 0.1) is 23.6 Å². The number of benzene rings is 2. The van der Waals surface area contributed by atoms with E-state index in [1.807, 2.05) is 90.6 Å². The average molecular weight is 394 g/mol. The molecule has 0 saturated heterocycles. The van der Waals surface area contributed by atoms with E-state index in [1.165, 1.54) is 6.08 Å². The van der Waals surface area contributed by atoms with Crippen molar-refractivity contribution in [3.63, 3.8) is 0 Å². The van der Waals surface area contributed by atoms with Crippen LogP contribution in [-0.4, -0.2) is 20.7 Å². The summed E-state index contributed by atoms with van der Waals surface area (Å²) in [5.41, 5.74) is 5.57. The molecule has 30 heavy (non-hydrogen) atoms. The van der Waals surface area contributed by atoms with Gasteiger partial charge >= 0.3 is 0 Å². The molecule has 148 valence electrons. The maximum Gasteiger partial charge on any atom is 0.244 e. The summed E-state index contributed by atoms with van der Waals surface area (Å²) in [6.45, 7) is 2.37. The molecular formula is C25H22N4O. The van der Waals surface area contributed by atoms with E-state index in [-0.39, 0.29) is 5.91 Å². The summed E-state index contributed by atoms with van der Waals surface area (Å²) < 4.78 is 1.83. The summed E-state index contributed by atoms with van der Waals surface area (Å²) in [5, 5.41) is 7.65. The lowest BCUT2D eigenvalue weighted by Crippen LogP contribution is -2.21. The molecule has 0 aliphatic carbocycles. The molecule has 1 N–H and O–H groups in total. The van der Waals surface area contributed by atoms with Gasteiger partial charge in [-0.15, -0.1) is 0 Å². The zero-order chi connectivity index (χ0) is 20.8. The molecule has 4 aromatic rings. The van der Waals surface area contributed by atoms with E-state index in [2.05, 4.69) is 10.3 Å². The standard InChI is InChI=1S/C25H22N4O/c1-19-9-8-16-26-23(19)17-27-24(30)15-14-21-18-29(22-12-6-3-7-13-22)28-25(21)20-10-4-2-5-11-20/h2-16,18H,17H2,1H3,(H,27,30). The SMILES string of the molecule is Cc1cccnc1CNC(=O)C=Cc1cn(-c2ccccc2)nc1-c1ccccc1. The number of carbonyl (C=O) groups is 1. The van der Waals surface area contributed by atoms with Gasteiger partial charge in [-0.3, -0.25) is 9.78 Å². The largest absolute Gasteiger partial charge is 0.347 e. The first-order valence-electron chi connectivity index (χ1n) is 9.77. The third kappa shape index (κ3) is 4.52. The fourth-order valence-corrected chi connectivity index (χ4v) is 3.14. The highest BCUT2D eigenvalue weighted by Crippen LogP contribution is 2.24. The predicted molar refractivity (Wildman–Crippen MR) is 119 cm³/mol. The van der Waals surface area contributed by atoms with E-state index in [4.69, 9.17) is 5.10 Å². The lowest BCUT2D eigenvalue weighted by molar-refractivity contribution is -0.116. The second-order valence-corrected chi connectivity index (χ2v) is 6.90. The van der Waals surface area contributed by atoms with Crippen molar-refractivity contribution in [1.82, 2.24) is 20.1 Å². The number of pyridine rings is 1. The number of amides is 1. The van der Waals surface area contributed by atoms with Crippen molar-refractivity contribution < 1.29 is 4.79 Å². The molecular weight excluding hydrogens is 372 g/mol. The minimum atomic E-state index is -0.175. The molecule has 2 aromatic carbocycles. The number of hydrogen-bond donors (Lipinski definition) is 1. The number of hydrogen-bond acceptors (Lipinski definition) is 3. The summed E-state index contributed by atoms with van der Waals surface area (Å²) in [5.74, 6) is -0.175. The van der Waals surface area contributed by atoms with Crippen LogP contribution in [0.3, 0.4) is 0 Å². The van der Waals surface area contributed by atoms with Crippen molar-refractivity contribution in [3.8, 4) is 16.9 Å². The lowest BCUT2D eigenvalue weighted by Gasteiger charge is -2.04. The van der Waals surface area contributed by atoms with Crippen molar-refractivity contribution in [2.75, 3.05) is 0 Å². The Kier molecular flexibility index (Phi) is 5.80. The van der Waals surface area contributed by atoms with Gasteiger partial charge in [0.1, 0.15) is 0 Å². The summed E-state index contributed by atoms with van der Waals surface area (Å²) >= 11 is 0. The minimum Gasteiger partial charge on any atom is -0.347 e. The van der Waals surface area contributed by atoms with E-state index < -0.39 is 0 Å². The van der Waals surface area contributed by atoms with Crippen LogP contribution in [0, 0.1) is 6.92 Å². The predicted octanol–water partition coefficient (Wildman–Crippen LogP) is 4.57. The zero-order valence-electron chi connectivity index (χ0n) is 16.7. The first-order valence-corrected chi connectivity index (χ1v) is 9.77. The Morgan fingerprint density at radius 3 is 2.47 bits per heavy atom. The third-order valence-electron chi connectivity index (χ3n) is 4.77. The molecule has 5 nitrogen and oxygen atoms in total. The topological polar surface area (TPSA) is 59.8 Å². The Balaban J connectivity index is 1.57. The molecule has 2 aromatic heterocycles. The molecule has 0 aliphatic rings. The van der Waals surface area contributed by atoms with Gasteiger partial charge in [-0.2, -0.15) is 5.10 Å². The molecule has 0 radical (unpaired) electrons. The Hall–Kier alpha value is -3.99. The number of aryl methyl sites for hydroxylation is 1. The van der Waals surface area contributed by atoms with Crippen LogP contribution in [0.1, 0.15) is 16.8 Å². The van der Waals surface area contributed by atoms with Crippen LogP contribution in [0.25, 0.3) is 23.0 Å². The molecule has 0 atom stereocenters. The maximum atomic E-state index is 12.4. The van der Waals surface area contributed by atoms with Crippen molar-refractivity contribution in [3.05, 3.63) is 108 Å². The van der Waals surface area contributed by atoms with Crippen molar-refractivity contribution >= 4 is 12.0 Å². The fourth-order valence-electron chi connectivity index (χ4n) is 3.14. The van der Waals surface area contributed by atoms with E-state index in [1.54, 1.807) is 12.3 Å². The quantitative estimate of drug-likeness (QED) is 0.487. The van der Waals surface area contributed by atoms with Crippen LogP contribution in [0.5, 0.6) is 0 Å². The van der Waals surface area contributed by atoms with E-state index in [0.29, 0.717) is 6.54 Å². The Morgan fingerprint density at radius 2 is 1.73 bits per heavy atom. The average Bonchev–Trinajstić information content (AvgIpc) is 3.23. The highest BCUT2D eigenvalue weighted by molar-refractivity contribution is 5.92. The molecule has 0 aliphatic heterocycles. The van der Waals surface area contributed by atoms with Crippen LogP contribution >= 0.6 is 0 Å². The Bertz CT molecular complexity index is 1160. The lowest BCUT2D eigenvalue weighted by atomic mass is 10.1. The number of rotatable bonds is 6. The number of para-hydroxylation sites is 1. The van der Waals surface area contributed by atoms with Crippen LogP contribution in [0.15, 0.2) is 91.3 Å². The van der Waals surface area contributed by atoms with Gasteiger partial charge in [-0.25, -0.2) is 4.68 Å². The van der Waals surface area contributed by atoms with Gasteiger partial charge in [-0.05, 0) is 36.8 Å². The van der Waals surface area contributed by atoms with Crippen molar-refractivity contribution in [2.45, 2.75) is 13.5 Å². The molecule has 5 heteroatoms. The van der Waals surface area contributed by atoms with Crippen molar-refractivity contribution in [1.29, 1.82) is 0 Å². The van der Waals surface area contributed by atoms with E-state index >= 15 is 0 Å². The Labute approximate surface area is 175 Å². The molecule has 0 bridgehead atoms. The van der Waals surface area contributed by atoms with Gasteiger partial charge < -0.3 is 5.32 Å². The van der Waals surface area contributed by atoms with Gasteiger partial charge in [0.2, 0.25) is 5.91 Å². The normalized spacial score (nSPS) is 11.0. The third-order valence-corrected chi connectivity index (χ3v) is 4.77. The monoisotopic (exact) mass is 394 g/mol. The van der Waals surface area contributed by atoms with Crippen LogP contribution in [-0.2, 0) is 11.3 Å². The second-order valence-electron chi connectivity index (χ2n) is 6.90. The second kappa shape index (κ2) is 9.01. The maximum absolute atomic E-state index is 12.4. The summed E-state index contributed by atoms with van der Waals surface area (Å²) in [4.78, 5) is 16.7. The molecule has 2 heterocycles. The first kappa shape index (κ1) is 19.3. The number of aromatic nitrogens is 3. The fraction of sp³-hybridized carbons (Fsp3) is 0.0800. The smallest absolute Gasteiger partial charge is 0.244 e. The van der Waals surface area contributed by atoms with E-state index in [9.17, 15) is 4.79 Å². The van der Waals surface area contributed by atoms with Crippen LogP contribution in [0.4, 0.5) is 0 Å². The number of carbonyl (C=O) groups excluding carboxylic acids is 1. The molecule has 1 amide bonds. The van der Waals surface area contributed by atoms with Gasteiger partial charge in [0.25, 0.3) is 0 Å². The van der Waals surface area contributed by atoms with Gasteiger partial charge in [0, 0.05) is 29.6 Å². The zero-order valence-corrected chi connectivity index (χ0v) is 16.7. The molecule has 0 spiro atoms. The first-order chi connectivity index (χ1) is 14.7. The molecule has 0 unspecified atom stereocenters. The van der Waals surface area contributed by atoms with Crippen molar-refractivity contribution in [2.24, 2.45) is 0 Å². The summed E-state index contributed by atoms with van der Waals surface area (Å²) in [7, 11) is 0. The van der Waals surface area contributed by atoms with Crippen LogP contribution < -0.4 is 5.32 Å². The van der Waals surface area contributed by atoms with Crippen LogP contribution in [0.2, 0.25) is 0 Å². The number of nitrogens with one attached hydrogen (secondary N) is 1. The highest BCUT2D eigenvalue weighted by Gasteiger charge is 2.10. The molecule has 0 saturated carbocycles. The summed E-state index contributed by atoms with van der Waals surface area (Å²) in [6.07, 6.45) is 7.01. The number of nitrogens with zero attached hydrogens (tertiary/aromatic N) is 3. The van der Waals surface area contributed by atoms with Gasteiger partial charge in [0.15, 0.2) is 0 Å². The molecule has 0 fully saturated rings. The summed E-state index contributed by atoms with van der Waals surface area (Å²) in [6, 6.07) is 23.7. The Morgan fingerprint density at radius 1 is 1.00 bits per heavy atom. The van der Waals surface area contributed by atoms with Gasteiger partial charge in [-0.1, -0.05) is 54.6 Å². The highest BCUT2D eigenvalue weighted by atomic mass is 16.1.